The molecular formula is C51H78N12O16. The summed E-state index contributed by atoms with van der Waals surface area (Å²) in [6.45, 7) is -0.227. The molecule has 0 bridgehead atoms. The number of ether oxygens (including phenoxy) is 6. The zero-order chi connectivity index (χ0) is 56.8. The number of H-pyrrole nitrogens is 2. The maximum Gasteiger partial charge on any atom is 0.326 e. The molecule has 22 atom stereocenters. The van der Waals surface area contributed by atoms with Crippen LogP contribution in [-0.2, 0) is 55.6 Å². The number of hydrogen-bond acceptors (Lipinski definition) is 23. The van der Waals surface area contributed by atoms with Crippen molar-refractivity contribution in [2.24, 2.45) is 40.1 Å². The first-order valence-electron chi connectivity index (χ1n) is 26.6. The van der Waals surface area contributed by atoms with E-state index in [0.717, 1.165) is 27.4 Å². The van der Waals surface area contributed by atoms with Gasteiger partial charge in [-0.15, -0.1) is 0 Å². The summed E-state index contributed by atoms with van der Waals surface area (Å²) in [5.41, 5.74) is 46.5. The summed E-state index contributed by atoms with van der Waals surface area (Å²) in [6, 6.07) is 6.75. The van der Waals surface area contributed by atoms with Crippen LogP contribution in [0.2, 0.25) is 0 Å². The number of para-hydroxylation sites is 2. The van der Waals surface area contributed by atoms with Crippen molar-refractivity contribution in [2.45, 2.75) is 173 Å². The number of unbranched alkanes of at least 4 members (excludes halogenated alkanes) is 1. The normalized spacial score (nSPS) is 35.3. The Bertz CT molecular complexity index is 2630. The van der Waals surface area contributed by atoms with Crippen LogP contribution in [0.5, 0.6) is 0 Å². The summed E-state index contributed by atoms with van der Waals surface area (Å²) in [7, 11) is 0. The fourth-order valence-corrected chi connectivity index (χ4v) is 10.8. The Kier molecular flexibility index (Phi) is 20.4. The number of carboxylic acid groups (broad SMARTS) is 1. The number of aliphatic hydroxyl groups excluding tert-OH is 6. The van der Waals surface area contributed by atoms with E-state index >= 15 is 0 Å². The molecule has 438 valence electrons. The van der Waals surface area contributed by atoms with Crippen LogP contribution in [0.3, 0.4) is 0 Å². The van der Waals surface area contributed by atoms with Crippen molar-refractivity contribution >= 4 is 39.6 Å². The van der Waals surface area contributed by atoms with Gasteiger partial charge in [-0.3, -0.25) is 9.59 Å². The molecule has 79 heavy (non-hydrogen) atoms. The van der Waals surface area contributed by atoms with Crippen LogP contribution < -0.4 is 56.1 Å². The molecule has 3 saturated heterocycles. The average Bonchev–Trinajstić information content (AvgIpc) is 4.27. The van der Waals surface area contributed by atoms with Gasteiger partial charge in [-0.05, 0) is 61.9 Å². The molecule has 4 fully saturated rings. The minimum Gasteiger partial charge on any atom is -0.480 e. The molecule has 1 saturated carbocycles. The van der Waals surface area contributed by atoms with Crippen LogP contribution in [0, 0.1) is 0 Å². The van der Waals surface area contributed by atoms with E-state index < -0.39 is 152 Å². The van der Waals surface area contributed by atoms with Gasteiger partial charge in [0.05, 0.1) is 24.2 Å². The van der Waals surface area contributed by atoms with E-state index in [1.807, 2.05) is 48.5 Å². The highest BCUT2D eigenvalue weighted by Gasteiger charge is 2.54. The van der Waals surface area contributed by atoms with Crippen molar-refractivity contribution in [3.8, 4) is 0 Å². The van der Waals surface area contributed by atoms with Gasteiger partial charge >= 0.3 is 5.97 Å². The predicted octanol–water partition coefficient (Wildman–Crippen LogP) is -6.30. The highest BCUT2D eigenvalue weighted by atomic mass is 16.8. The van der Waals surface area contributed by atoms with Gasteiger partial charge < -0.3 is 130 Å². The van der Waals surface area contributed by atoms with Gasteiger partial charge in [-0.2, -0.15) is 0 Å². The second kappa shape index (κ2) is 26.8. The van der Waals surface area contributed by atoms with Crippen molar-refractivity contribution in [3.05, 3.63) is 72.1 Å². The third kappa shape index (κ3) is 13.7. The van der Waals surface area contributed by atoms with Gasteiger partial charge in [0.15, 0.2) is 18.9 Å². The Morgan fingerprint density at radius 3 is 1.70 bits per heavy atom. The Morgan fingerprint density at radius 2 is 1.13 bits per heavy atom. The number of carboxylic acids is 1. The topological polar surface area (TPSA) is 498 Å². The molecule has 4 aromatic rings. The number of amides is 2. The fraction of sp³-hybridized carbons (Fsp3) is 0.627. The molecular weight excluding hydrogens is 1040 g/mol. The second-order valence-corrected chi connectivity index (χ2v) is 21.0. The molecule has 1 aliphatic carbocycles. The highest BCUT2D eigenvalue weighted by Crippen LogP contribution is 2.35. The molecule has 3 aliphatic heterocycles. The van der Waals surface area contributed by atoms with Crippen molar-refractivity contribution in [2.75, 3.05) is 26.2 Å². The smallest absolute Gasteiger partial charge is 0.326 e. The summed E-state index contributed by atoms with van der Waals surface area (Å²) >= 11 is 0. The van der Waals surface area contributed by atoms with E-state index in [4.69, 9.17) is 68.6 Å². The third-order valence-electron chi connectivity index (χ3n) is 15.4. The van der Waals surface area contributed by atoms with Crippen molar-refractivity contribution in [1.82, 2.24) is 25.9 Å². The molecule has 2 amide bonds. The van der Waals surface area contributed by atoms with Crippen LogP contribution in [0.15, 0.2) is 60.9 Å². The van der Waals surface area contributed by atoms with E-state index in [2.05, 4.69) is 25.9 Å². The number of benzene rings is 2. The largest absolute Gasteiger partial charge is 0.480 e. The number of aromatic amines is 2. The van der Waals surface area contributed by atoms with E-state index in [0.29, 0.717) is 18.4 Å². The van der Waals surface area contributed by atoms with E-state index in [1.165, 1.54) is 0 Å². The van der Waals surface area contributed by atoms with E-state index in [9.17, 15) is 50.1 Å². The molecule has 0 radical (unpaired) electrons. The van der Waals surface area contributed by atoms with Gasteiger partial charge in [-0.1, -0.05) is 36.4 Å². The SMILES string of the molecule is NC[C@@H]1O[C@H](O[C@H]2[C@@H](O)[C@H](O[C@@H]3[C@@H](O)[C@H](N)C[C@H](N)[C@@H]3O[C@H]3O[C@H](CN)[C@@H](O)[C@H](O)[C@H]3N)O[C@@H]2CNCCCC[C@@H](NC(=O)[C@@H](N)Cc2c[nH]c3ccccc23)C(=O)N[C@@H](Cc2c[nH]c3ccccc23)C(=O)O)[C@H](N)[C@@H](O)[C@@H]1O. The Balaban J connectivity index is 0.944. The maximum absolute atomic E-state index is 14.1. The standard InChI is InChI=1S/C51H78N12O16/c52-16-32-38(65)40(67)35(57)49(74-32)77-43-26(55)15-25(54)37(64)45(43)79-51-42(69)44(78-50-36(58)41(68)39(66)33(17-53)75-50)34(76-51)20-59-12-6-5-11-30(62-46(70)27(56)13-21-18-60-28-9-3-1-7-23(21)28)47(71)63-31(48(72)73)14-22-19-61-29-10-4-2-8-24(22)29/h1-4,7-10,18-19,25-27,30-45,49-51,59-61,64-69H,5-6,11-17,20,52-58H2,(H,62,70)(H,63,71)(H,72,73)/t25-,26+,27+,30-,31+,32-,33+,34-,35-,36-,37+,38-,39-,40-,41-,42-,43+,44-,45-,49-,50-,51+/m1/s1. The molecule has 2 aromatic heterocycles. The first-order valence-corrected chi connectivity index (χ1v) is 26.6. The lowest BCUT2D eigenvalue weighted by Gasteiger charge is -2.47. The van der Waals surface area contributed by atoms with Gasteiger partial charge in [0.1, 0.15) is 79.2 Å². The van der Waals surface area contributed by atoms with Crippen molar-refractivity contribution in [1.29, 1.82) is 0 Å². The number of aromatic nitrogens is 2. The lowest BCUT2D eigenvalue weighted by Crippen LogP contribution is -2.68. The first kappa shape index (κ1) is 60.2. The second-order valence-electron chi connectivity index (χ2n) is 21.0. The number of carbonyl (C=O) groups is 3. The lowest BCUT2D eigenvalue weighted by atomic mass is 9.84. The van der Waals surface area contributed by atoms with Gasteiger partial charge in [0.25, 0.3) is 0 Å². The summed E-state index contributed by atoms with van der Waals surface area (Å²) in [5, 5.41) is 86.5. The molecule has 0 unspecified atom stereocenters. The molecule has 0 spiro atoms. The zero-order valence-corrected chi connectivity index (χ0v) is 43.4. The highest BCUT2D eigenvalue weighted by molar-refractivity contribution is 5.93. The number of aliphatic hydroxyl groups is 6. The number of nitrogens with two attached hydrogens (primary N) is 7. The zero-order valence-electron chi connectivity index (χ0n) is 43.4. The number of nitrogens with one attached hydrogen (secondary N) is 5. The fourth-order valence-electron chi connectivity index (χ4n) is 10.8. The summed E-state index contributed by atoms with van der Waals surface area (Å²) in [5.74, 6) is -2.63. The monoisotopic (exact) mass is 1110 g/mol. The molecule has 4 aliphatic rings. The lowest BCUT2D eigenvalue weighted by molar-refractivity contribution is -0.306. The van der Waals surface area contributed by atoms with Gasteiger partial charge in [0.2, 0.25) is 11.8 Å². The molecule has 2 aromatic carbocycles. The van der Waals surface area contributed by atoms with Crippen LogP contribution in [-0.4, -0.2) is 224 Å². The number of fused-ring (bicyclic) bond motifs is 2. The van der Waals surface area contributed by atoms with Crippen molar-refractivity contribution in [3.63, 3.8) is 0 Å². The quantitative estimate of drug-likeness (QED) is 0.0290. The molecule has 26 N–H and O–H groups in total. The minimum absolute atomic E-state index is 0.0324. The molecule has 28 nitrogen and oxygen atoms in total. The minimum atomic E-state index is -1.67. The third-order valence-corrected chi connectivity index (χ3v) is 15.4. The average molecular weight is 1120 g/mol. The van der Waals surface area contributed by atoms with Crippen LogP contribution >= 0.6 is 0 Å². The summed E-state index contributed by atoms with van der Waals surface area (Å²) < 4.78 is 36.6. The summed E-state index contributed by atoms with van der Waals surface area (Å²) in [6.07, 6.45) is -16.5. The number of hydrogen-bond donors (Lipinski definition) is 19. The van der Waals surface area contributed by atoms with Crippen LogP contribution in [0.25, 0.3) is 21.8 Å². The van der Waals surface area contributed by atoms with Crippen LogP contribution in [0.4, 0.5) is 0 Å². The van der Waals surface area contributed by atoms with Gasteiger partial charge in [-0.25, -0.2) is 4.79 Å². The van der Waals surface area contributed by atoms with Gasteiger partial charge in [0, 0.05) is 72.3 Å². The molecule has 8 rings (SSSR count). The van der Waals surface area contributed by atoms with Crippen molar-refractivity contribution < 1.29 is 78.6 Å². The Hall–Kier alpha value is -4.87. The number of carbonyl (C=O) groups excluding carboxylic acids is 2. The molecule has 28 heteroatoms. The first-order chi connectivity index (χ1) is 37.8. The summed E-state index contributed by atoms with van der Waals surface area (Å²) in [4.78, 5) is 46.7. The number of aliphatic carboxylic acids is 1. The Morgan fingerprint density at radius 1 is 0.608 bits per heavy atom. The number of rotatable bonds is 24. The molecule has 5 heterocycles. The van der Waals surface area contributed by atoms with Crippen LogP contribution in [0.1, 0.15) is 36.8 Å². The van der Waals surface area contributed by atoms with E-state index in [1.54, 1.807) is 12.4 Å². The van der Waals surface area contributed by atoms with E-state index in [-0.39, 0.29) is 51.9 Å². The Labute approximate surface area is 454 Å². The predicted molar refractivity (Wildman–Crippen MR) is 281 cm³/mol. The maximum atomic E-state index is 14.1.